The molecule has 0 amide bonds. The zero-order chi connectivity index (χ0) is 19.8. The number of hydrogen-bond acceptors (Lipinski definition) is 5. The molecule has 0 atom stereocenters. The van der Waals surface area contributed by atoms with Gasteiger partial charge in [-0.2, -0.15) is 0 Å². The highest BCUT2D eigenvalue weighted by Crippen LogP contribution is 2.09. The monoisotopic (exact) mass is 385 g/mol. The van der Waals surface area contributed by atoms with Gasteiger partial charge in [0.1, 0.15) is 5.82 Å². The van der Waals surface area contributed by atoms with Crippen molar-refractivity contribution in [1.29, 1.82) is 0 Å². The molecule has 1 aliphatic heterocycles. The van der Waals surface area contributed by atoms with Gasteiger partial charge < -0.3 is 15.1 Å². The normalized spacial score (nSPS) is 15.5. The highest BCUT2D eigenvalue weighted by Gasteiger charge is 2.18. The van der Waals surface area contributed by atoms with E-state index in [4.69, 9.17) is 0 Å². The summed E-state index contributed by atoms with van der Waals surface area (Å²) in [6, 6.07) is 8.41. The Bertz CT molecular complexity index is 743. The summed E-state index contributed by atoms with van der Waals surface area (Å²) in [7, 11) is 3.76. The third-order valence-electron chi connectivity index (χ3n) is 4.82. The zero-order valence-electron chi connectivity index (χ0n) is 16.6. The van der Waals surface area contributed by atoms with Gasteiger partial charge in [-0.25, -0.2) is 14.4 Å². The molecule has 0 aliphatic carbocycles. The van der Waals surface area contributed by atoms with Gasteiger partial charge in [0.05, 0.1) is 0 Å². The van der Waals surface area contributed by atoms with Crippen LogP contribution in [0.2, 0.25) is 0 Å². The van der Waals surface area contributed by atoms with Gasteiger partial charge in [0.2, 0.25) is 5.95 Å². The SMILES string of the molecule is CN=C(NCCN1CCN(c2ncccn2)CC1)N(C)Cc1ccc(F)cc1. The predicted octanol–water partition coefficient (Wildman–Crippen LogP) is 1.45. The smallest absolute Gasteiger partial charge is 0.225 e. The second-order valence-electron chi connectivity index (χ2n) is 6.83. The molecule has 8 heteroatoms. The van der Waals surface area contributed by atoms with E-state index in [1.54, 1.807) is 31.6 Å². The Morgan fingerprint density at radius 1 is 1.14 bits per heavy atom. The van der Waals surface area contributed by atoms with Crippen LogP contribution in [0.5, 0.6) is 0 Å². The number of halogens is 1. The summed E-state index contributed by atoms with van der Waals surface area (Å²) in [6.45, 7) is 6.30. The van der Waals surface area contributed by atoms with Gasteiger partial charge in [0.15, 0.2) is 5.96 Å². The molecule has 0 unspecified atom stereocenters. The van der Waals surface area contributed by atoms with E-state index in [1.165, 1.54) is 12.1 Å². The Kier molecular flexibility index (Phi) is 7.13. The van der Waals surface area contributed by atoms with E-state index in [0.717, 1.165) is 56.7 Å². The van der Waals surface area contributed by atoms with E-state index >= 15 is 0 Å². The van der Waals surface area contributed by atoms with Crippen LogP contribution >= 0.6 is 0 Å². The van der Waals surface area contributed by atoms with Gasteiger partial charge in [-0.3, -0.25) is 9.89 Å². The fourth-order valence-electron chi connectivity index (χ4n) is 3.28. The molecule has 28 heavy (non-hydrogen) atoms. The Morgan fingerprint density at radius 3 is 2.46 bits per heavy atom. The number of anilines is 1. The van der Waals surface area contributed by atoms with Gasteiger partial charge in [0, 0.05) is 72.3 Å². The van der Waals surface area contributed by atoms with Crippen LogP contribution in [-0.4, -0.2) is 79.1 Å². The van der Waals surface area contributed by atoms with E-state index in [0.29, 0.717) is 6.54 Å². The van der Waals surface area contributed by atoms with Crippen LogP contribution in [0.4, 0.5) is 10.3 Å². The van der Waals surface area contributed by atoms with Crippen LogP contribution in [0, 0.1) is 5.82 Å². The van der Waals surface area contributed by atoms with Gasteiger partial charge in [-0.15, -0.1) is 0 Å². The summed E-state index contributed by atoms with van der Waals surface area (Å²) in [6.07, 6.45) is 3.57. The van der Waals surface area contributed by atoms with E-state index in [9.17, 15) is 4.39 Å². The number of aromatic nitrogens is 2. The molecule has 0 spiro atoms. The minimum Gasteiger partial charge on any atom is -0.355 e. The second-order valence-corrected chi connectivity index (χ2v) is 6.83. The van der Waals surface area contributed by atoms with Crippen LogP contribution < -0.4 is 10.2 Å². The summed E-state index contributed by atoms with van der Waals surface area (Å²) >= 11 is 0. The molecule has 7 nitrogen and oxygen atoms in total. The molecule has 2 heterocycles. The van der Waals surface area contributed by atoms with Crippen molar-refractivity contribution in [3.8, 4) is 0 Å². The Balaban J connectivity index is 1.39. The molecule has 1 fully saturated rings. The topological polar surface area (TPSA) is 59.9 Å². The maximum absolute atomic E-state index is 13.0. The maximum Gasteiger partial charge on any atom is 0.225 e. The highest BCUT2D eigenvalue weighted by atomic mass is 19.1. The number of aliphatic imine (C=N–C) groups is 1. The average molecular weight is 385 g/mol. The Hall–Kier alpha value is -2.74. The zero-order valence-corrected chi connectivity index (χ0v) is 16.6. The first-order valence-electron chi connectivity index (χ1n) is 9.56. The van der Waals surface area contributed by atoms with Crippen molar-refractivity contribution < 1.29 is 4.39 Å². The standard InChI is InChI=1S/C20H28FN7/c1-22-19(26(2)16-17-4-6-18(21)7-5-17)25-10-11-27-12-14-28(15-13-27)20-23-8-3-9-24-20/h3-9H,10-16H2,1-2H3,(H,22,25). The first-order valence-corrected chi connectivity index (χ1v) is 9.56. The molecule has 3 rings (SSSR count). The van der Waals surface area contributed by atoms with Crippen molar-refractivity contribution in [3.63, 3.8) is 0 Å². The molecule has 2 aromatic rings. The maximum atomic E-state index is 13.0. The number of nitrogens with zero attached hydrogens (tertiary/aromatic N) is 6. The molecule has 0 radical (unpaired) electrons. The lowest BCUT2D eigenvalue weighted by molar-refractivity contribution is 0.259. The lowest BCUT2D eigenvalue weighted by Crippen LogP contribution is -2.49. The van der Waals surface area contributed by atoms with Crippen LogP contribution in [-0.2, 0) is 6.54 Å². The fraction of sp³-hybridized carbons (Fsp3) is 0.450. The van der Waals surface area contributed by atoms with Crippen molar-refractivity contribution >= 4 is 11.9 Å². The van der Waals surface area contributed by atoms with Gasteiger partial charge in [0.25, 0.3) is 0 Å². The molecule has 1 N–H and O–H groups in total. The Labute approximate surface area is 165 Å². The minimum atomic E-state index is -0.215. The molecular weight excluding hydrogens is 357 g/mol. The van der Waals surface area contributed by atoms with E-state index in [1.807, 2.05) is 18.0 Å². The molecule has 1 aromatic carbocycles. The van der Waals surface area contributed by atoms with Crippen LogP contribution in [0.15, 0.2) is 47.7 Å². The number of guanidine groups is 1. The minimum absolute atomic E-state index is 0.215. The molecule has 1 saturated heterocycles. The summed E-state index contributed by atoms with van der Waals surface area (Å²) < 4.78 is 13.0. The van der Waals surface area contributed by atoms with Crippen molar-refractivity contribution in [1.82, 2.24) is 25.1 Å². The molecule has 150 valence electrons. The predicted molar refractivity (Wildman–Crippen MR) is 110 cm³/mol. The number of benzene rings is 1. The number of piperazine rings is 1. The van der Waals surface area contributed by atoms with Crippen molar-refractivity contribution in [2.24, 2.45) is 4.99 Å². The third-order valence-corrected chi connectivity index (χ3v) is 4.82. The van der Waals surface area contributed by atoms with Crippen LogP contribution in [0.3, 0.4) is 0 Å². The van der Waals surface area contributed by atoms with Crippen LogP contribution in [0.1, 0.15) is 5.56 Å². The van der Waals surface area contributed by atoms with E-state index < -0.39 is 0 Å². The second kappa shape index (κ2) is 9.98. The van der Waals surface area contributed by atoms with Crippen molar-refractivity contribution in [3.05, 3.63) is 54.1 Å². The van der Waals surface area contributed by atoms with Crippen molar-refractivity contribution in [2.45, 2.75) is 6.54 Å². The first-order chi connectivity index (χ1) is 13.7. The molecular formula is C20H28FN7. The summed E-state index contributed by atoms with van der Waals surface area (Å²) in [4.78, 5) is 19.7. The molecule has 1 aromatic heterocycles. The van der Waals surface area contributed by atoms with E-state index in [2.05, 4.69) is 30.1 Å². The van der Waals surface area contributed by atoms with Gasteiger partial charge in [-0.1, -0.05) is 12.1 Å². The number of nitrogens with one attached hydrogen (secondary N) is 1. The van der Waals surface area contributed by atoms with Crippen LogP contribution in [0.25, 0.3) is 0 Å². The van der Waals surface area contributed by atoms with Gasteiger partial charge in [-0.05, 0) is 23.8 Å². The van der Waals surface area contributed by atoms with E-state index in [-0.39, 0.29) is 5.82 Å². The average Bonchev–Trinajstić information content (AvgIpc) is 2.74. The summed E-state index contributed by atoms with van der Waals surface area (Å²) in [5, 5.41) is 3.41. The number of rotatable bonds is 6. The molecule has 0 saturated carbocycles. The molecule has 0 bridgehead atoms. The lowest BCUT2D eigenvalue weighted by atomic mass is 10.2. The van der Waals surface area contributed by atoms with Gasteiger partial charge >= 0.3 is 0 Å². The third kappa shape index (κ3) is 5.63. The van der Waals surface area contributed by atoms with Crippen molar-refractivity contribution in [2.75, 3.05) is 58.3 Å². The number of hydrogen-bond donors (Lipinski definition) is 1. The largest absolute Gasteiger partial charge is 0.355 e. The highest BCUT2D eigenvalue weighted by molar-refractivity contribution is 5.79. The summed E-state index contributed by atoms with van der Waals surface area (Å²) in [5.41, 5.74) is 1.05. The summed E-state index contributed by atoms with van der Waals surface area (Å²) in [5.74, 6) is 1.43. The first kappa shape index (κ1) is 20.0. The quantitative estimate of drug-likeness (QED) is 0.600. The Morgan fingerprint density at radius 2 is 1.82 bits per heavy atom. The fourth-order valence-corrected chi connectivity index (χ4v) is 3.28. The lowest BCUT2D eigenvalue weighted by Gasteiger charge is -2.34. The molecule has 1 aliphatic rings.